The van der Waals surface area contributed by atoms with Gasteiger partial charge in [0.15, 0.2) is 6.61 Å². The van der Waals surface area contributed by atoms with Gasteiger partial charge in [0.25, 0.3) is 5.91 Å². The zero-order valence-electron chi connectivity index (χ0n) is 16.8. The van der Waals surface area contributed by atoms with Gasteiger partial charge in [-0.05, 0) is 81.6 Å². The Morgan fingerprint density at radius 2 is 2.04 bits per heavy atom. The van der Waals surface area contributed by atoms with Crippen molar-refractivity contribution in [2.45, 2.75) is 39.7 Å². The number of hydrogen-bond acceptors (Lipinski definition) is 4. The largest absolute Gasteiger partial charge is 0.484 e. The minimum Gasteiger partial charge on any atom is -0.484 e. The zero-order chi connectivity index (χ0) is 20.1. The summed E-state index contributed by atoms with van der Waals surface area (Å²) in [7, 11) is 0. The number of likely N-dealkylation sites (tertiary alicyclic amines) is 1. The van der Waals surface area contributed by atoms with E-state index in [0.29, 0.717) is 17.3 Å². The molecule has 1 saturated heterocycles. The van der Waals surface area contributed by atoms with Gasteiger partial charge in [-0.1, -0.05) is 18.5 Å². The van der Waals surface area contributed by atoms with Crippen LogP contribution in [0.3, 0.4) is 0 Å². The van der Waals surface area contributed by atoms with E-state index in [1.54, 1.807) is 12.1 Å². The average Bonchev–Trinajstić information content (AvgIpc) is 3.10. The highest BCUT2D eigenvalue weighted by Crippen LogP contribution is 2.27. The molecule has 1 fully saturated rings. The Labute approximate surface area is 172 Å². The van der Waals surface area contributed by atoms with Crippen molar-refractivity contribution in [2.24, 2.45) is 5.92 Å². The van der Waals surface area contributed by atoms with Crippen molar-refractivity contribution in [3.05, 3.63) is 52.4 Å². The molecule has 0 saturated carbocycles. The van der Waals surface area contributed by atoms with E-state index in [9.17, 15) is 4.79 Å². The molecule has 0 aliphatic carbocycles. The number of benzene rings is 1. The molecule has 1 amide bonds. The molecular weight excluding hydrogens is 376 g/mol. The van der Waals surface area contributed by atoms with E-state index in [4.69, 9.17) is 20.8 Å². The Morgan fingerprint density at radius 1 is 1.29 bits per heavy atom. The standard InChI is InChI=1S/C22H29ClN2O3/c1-15-8-10-25(11-9-15)20(21-7-4-17(3)28-21)13-24-22(26)14-27-18-5-6-19(23)16(2)12-18/h4-7,12,15,20H,8-11,13-14H2,1-3H3,(H,24,26). The Morgan fingerprint density at radius 3 is 2.68 bits per heavy atom. The lowest BCUT2D eigenvalue weighted by atomic mass is 9.97. The van der Waals surface area contributed by atoms with Crippen molar-refractivity contribution in [1.29, 1.82) is 0 Å². The first-order chi connectivity index (χ1) is 13.4. The number of carbonyl (C=O) groups is 1. The van der Waals surface area contributed by atoms with Crippen LogP contribution in [0.2, 0.25) is 5.02 Å². The lowest BCUT2D eigenvalue weighted by Gasteiger charge is -2.35. The molecule has 1 aromatic carbocycles. The Bertz CT molecular complexity index is 797. The van der Waals surface area contributed by atoms with Crippen LogP contribution in [0.15, 0.2) is 34.7 Å². The summed E-state index contributed by atoms with van der Waals surface area (Å²) in [5, 5.41) is 3.69. The minimum absolute atomic E-state index is 0.0258. The van der Waals surface area contributed by atoms with Gasteiger partial charge in [-0.2, -0.15) is 0 Å². The monoisotopic (exact) mass is 404 g/mol. The number of hydrogen-bond donors (Lipinski definition) is 1. The van der Waals surface area contributed by atoms with Crippen LogP contribution < -0.4 is 10.1 Å². The van der Waals surface area contributed by atoms with Gasteiger partial charge in [-0.15, -0.1) is 0 Å². The van der Waals surface area contributed by atoms with Crippen molar-refractivity contribution >= 4 is 17.5 Å². The molecule has 1 aromatic heterocycles. The predicted octanol–water partition coefficient (Wildman–Crippen LogP) is 4.52. The molecule has 6 heteroatoms. The van der Waals surface area contributed by atoms with Crippen molar-refractivity contribution in [1.82, 2.24) is 10.2 Å². The molecule has 1 N–H and O–H groups in total. The van der Waals surface area contributed by atoms with Gasteiger partial charge in [0.1, 0.15) is 17.3 Å². The summed E-state index contributed by atoms with van der Waals surface area (Å²) < 4.78 is 11.5. The van der Waals surface area contributed by atoms with Gasteiger partial charge in [0, 0.05) is 11.6 Å². The van der Waals surface area contributed by atoms with E-state index in [1.807, 2.05) is 32.0 Å². The van der Waals surface area contributed by atoms with Gasteiger partial charge in [0.2, 0.25) is 0 Å². The summed E-state index contributed by atoms with van der Waals surface area (Å²) in [6.07, 6.45) is 2.34. The molecule has 0 spiro atoms. The molecule has 2 heterocycles. The third-order valence-electron chi connectivity index (χ3n) is 5.34. The number of aryl methyl sites for hydroxylation is 2. The lowest BCUT2D eigenvalue weighted by Crippen LogP contribution is -2.42. The van der Waals surface area contributed by atoms with Crippen molar-refractivity contribution in [2.75, 3.05) is 26.2 Å². The van der Waals surface area contributed by atoms with Gasteiger partial charge in [-0.3, -0.25) is 9.69 Å². The second-order valence-corrected chi connectivity index (χ2v) is 8.09. The molecular formula is C22H29ClN2O3. The number of nitrogens with zero attached hydrogens (tertiary/aromatic N) is 1. The van der Waals surface area contributed by atoms with Gasteiger partial charge < -0.3 is 14.5 Å². The van der Waals surface area contributed by atoms with Crippen LogP contribution in [0.5, 0.6) is 5.75 Å². The van der Waals surface area contributed by atoms with Crippen LogP contribution in [0.1, 0.15) is 42.9 Å². The molecule has 1 aliphatic heterocycles. The summed E-state index contributed by atoms with van der Waals surface area (Å²) in [5.41, 5.74) is 0.923. The van der Waals surface area contributed by atoms with Crippen LogP contribution in [0, 0.1) is 19.8 Å². The molecule has 1 unspecified atom stereocenters. The maximum absolute atomic E-state index is 12.3. The van der Waals surface area contributed by atoms with Crippen LogP contribution in [-0.2, 0) is 4.79 Å². The fraction of sp³-hybridized carbons (Fsp3) is 0.500. The van der Waals surface area contributed by atoms with Crippen LogP contribution >= 0.6 is 11.6 Å². The number of halogens is 1. The van der Waals surface area contributed by atoms with E-state index < -0.39 is 0 Å². The molecule has 1 atom stereocenters. The van der Waals surface area contributed by atoms with Gasteiger partial charge in [-0.25, -0.2) is 0 Å². The summed E-state index contributed by atoms with van der Waals surface area (Å²) >= 11 is 6.02. The van der Waals surface area contributed by atoms with E-state index in [0.717, 1.165) is 36.1 Å². The fourth-order valence-corrected chi connectivity index (χ4v) is 3.62. The fourth-order valence-electron chi connectivity index (χ4n) is 3.50. The summed E-state index contributed by atoms with van der Waals surface area (Å²) in [5.74, 6) is 3.03. The number of furan rings is 1. The number of ether oxygens (including phenoxy) is 1. The quantitative estimate of drug-likeness (QED) is 0.737. The number of nitrogens with one attached hydrogen (secondary N) is 1. The van der Waals surface area contributed by atoms with E-state index in [2.05, 4.69) is 17.1 Å². The number of rotatable bonds is 7. The van der Waals surface area contributed by atoms with Crippen molar-refractivity contribution in [3.8, 4) is 5.75 Å². The molecule has 3 rings (SSSR count). The van der Waals surface area contributed by atoms with E-state index in [-0.39, 0.29) is 18.6 Å². The molecule has 152 valence electrons. The maximum Gasteiger partial charge on any atom is 0.258 e. The van der Waals surface area contributed by atoms with Crippen LogP contribution in [0.25, 0.3) is 0 Å². The third kappa shape index (κ3) is 5.52. The topological polar surface area (TPSA) is 54.7 Å². The SMILES string of the molecule is Cc1ccc(C(CNC(=O)COc2ccc(Cl)c(C)c2)N2CCC(C)CC2)o1. The predicted molar refractivity (Wildman–Crippen MR) is 111 cm³/mol. The zero-order valence-corrected chi connectivity index (χ0v) is 17.6. The minimum atomic E-state index is -0.147. The number of carbonyl (C=O) groups excluding carboxylic acids is 1. The first-order valence-electron chi connectivity index (χ1n) is 9.88. The van der Waals surface area contributed by atoms with Crippen molar-refractivity contribution in [3.63, 3.8) is 0 Å². The number of piperidine rings is 1. The van der Waals surface area contributed by atoms with Crippen LogP contribution in [-0.4, -0.2) is 37.0 Å². The molecule has 2 aromatic rings. The summed E-state index contributed by atoms with van der Waals surface area (Å²) in [6, 6.07) is 9.41. The highest BCUT2D eigenvalue weighted by molar-refractivity contribution is 6.31. The first kappa shape index (κ1) is 20.7. The first-order valence-corrected chi connectivity index (χ1v) is 10.3. The summed E-state index contributed by atoms with van der Waals surface area (Å²) in [4.78, 5) is 14.7. The molecule has 0 radical (unpaired) electrons. The maximum atomic E-state index is 12.3. The second kappa shape index (κ2) is 9.48. The average molecular weight is 405 g/mol. The van der Waals surface area contributed by atoms with Crippen molar-refractivity contribution < 1.29 is 13.9 Å². The summed E-state index contributed by atoms with van der Waals surface area (Å²) in [6.45, 7) is 8.65. The van der Waals surface area contributed by atoms with Crippen LogP contribution in [0.4, 0.5) is 0 Å². The van der Waals surface area contributed by atoms with Gasteiger partial charge in [0.05, 0.1) is 6.04 Å². The smallest absolute Gasteiger partial charge is 0.258 e. The Kier molecular flexibility index (Phi) is 7.03. The van der Waals surface area contributed by atoms with E-state index >= 15 is 0 Å². The molecule has 28 heavy (non-hydrogen) atoms. The number of amides is 1. The molecule has 1 aliphatic rings. The molecule has 5 nitrogen and oxygen atoms in total. The normalized spacial score (nSPS) is 16.7. The Balaban J connectivity index is 1.56. The van der Waals surface area contributed by atoms with Gasteiger partial charge >= 0.3 is 0 Å². The highest BCUT2D eigenvalue weighted by atomic mass is 35.5. The molecule has 0 bridgehead atoms. The second-order valence-electron chi connectivity index (χ2n) is 7.69. The Hall–Kier alpha value is -1.98. The third-order valence-corrected chi connectivity index (χ3v) is 5.76. The lowest BCUT2D eigenvalue weighted by molar-refractivity contribution is -0.123. The highest BCUT2D eigenvalue weighted by Gasteiger charge is 2.27. The van der Waals surface area contributed by atoms with E-state index in [1.165, 1.54) is 12.8 Å².